The van der Waals surface area contributed by atoms with E-state index in [1.807, 2.05) is 0 Å². The number of unbranched alkanes of at least 4 members (excludes halogenated alkanes) is 4. The SMILES string of the molecule is CCCCCCCOc1ccc(C(=O)NC(=S)Nc2cccc(NC(=O)CC)c2)cc1. The molecule has 0 spiro atoms. The molecular formula is C24H31N3O3S. The lowest BCUT2D eigenvalue weighted by Gasteiger charge is -2.12. The van der Waals surface area contributed by atoms with Gasteiger partial charge in [-0.2, -0.15) is 0 Å². The number of hydrogen-bond donors (Lipinski definition) is 3. The van der Waals surface area contributed by atoms with Crippen molar-refractivity contribution in [2.24, 2.45) is 0 Å². The van der Waals surface area contributed by atoms with Crippen molar-refractivity contribution in [3.05, 3.63) is 54.1 Å². The second-order valence-electron chi connectivity index (χ2n) is 7.18. The molecule has 0 saturated carbocycles. The third-order valence-corrected chi connectivity index (χ3v) is 4.79. The van der Waals surface area contributed by atoms with Gasteiger partial charge < -0.3 is 15.4 Å². The first-order chi connectivity index (χ1) is 15.0. The fraction of sp³-hybridized carbons (Fsp3) is 0.375. The summed E-state index contributed by atoms with van der Waals surface area (Å²) in [6.45, 7) is 4.67. The number of thiocarbonyl (C=S) groups is 1. The molecule has 7 heteroatoms. The van der Waals surface area contributed by atoms with Crippen molar-refractivity contribution < 1.29 is 14.3 Å². The summed E-state index contributed by atoms with van der Waals surface area (Å²) in [5.74, 6) is 0.370. The fourth-order valence-corrected chi connectivity index (χ4v) is 3.07. The molecule has 0 aromatic heterocycles. The molecule has 6 nitrogen and oxygen atoms in total. The quantitative estimate of drug-likeness (QED) is 0.316. The molecule has 0 aliphatic heterocycles. The van der Waals surface area contributed by atoms with Crippen LogP contribution in [0.25, 0.3) is 0 Å². The van der Waals surface area contributed by atoms with Crippen molar-refractivity contribution in [2.75, 3.05) is 17.2 Å². The van der Waals surface area contributed by atoms with Gasteiger partial charge in [-0.15, -0.1) is 0 Å². The summed E-state index contributed by atoms with van der Waals surface area (Å²) >= 11 is 5.24. The Morgan fingerprint density at radius 1 is 0.903 bits per heavy atom. The maximum atomic E-state index is 12.4. The van der Waals surface area contributed by atoms with Crippen molar-refractivity contribution in [3.63, 3.8) is 0 Å². The lowest BCUT2D eigenvalue weighted by molar-refractivity contribution is -0.115. The summed E-state index contributed by atoms with van der Waals surface area (Å²) < 4.78 is 5.73. The molecule has 2 aromatic carbocycles. The molecule has 166 valence electrons. The molecule has 0 atom stereocenters. The molecule has 0 unspecified atom stereocenters. The molecule has 2 amide bonds. The summed E-state index contributed by atoms with van der Waals surface area (Å²) in [5, 5.41) is 8.58. The zero-order valence-electron chi connectivity index (χ0n) is 18.2. The molecule has 0 radical (unpaired) electrons. The number of carbonyl (C=O) groups excluding carboxylic acids is 2. The molecule has 0 saturated heterocycles. The van der Waals surface area contributed by atoms with E-state index in [4.69, 9.17) is 17.0 Å². The molecule has 31 heavy (non-hydrogen) atoms. The van der Waals surface area contributed by atoms with Crippen LogP contribution in [0.3, 0.4) is 0 Å². The van der Waals surface area contributed by atoms with Gasteiger partial charge in [-0.25, -0.2) is 0 Å². The number of anilines is 2. The monoisotopic (exact) mass is 441 g/mol. The lowest BCUT2D eigenvalue weighted by atomic mass is 10.2. The summed E-state index contributed by atoms with van der Waals surface area (Å²) in [4.78, 5) is 24.0. The first-order valence-corrected chi connectivity index (χ1v) is 11.2. The molecule has 0 aliphatic rings. The zero-order valence-corrected chi connectivity index (χ0v) is 19.0. The van der Waals surface area contributed by atoms with E-state index < -0.39 is 0 Å². The minimum Gasteiger partial charge on any atom is -0.494 e. The Hall–Kier alpha value is -2.93. The Kier molecular flexibility index (Phi) is 10.5. The number of carbonyl (C=O) groups is 2. The Balaban J connectivity index is 1.80. The predicted molar refractivity (Wildman–Crippen MR) is 130 cm³/mol. The van der Waals surface area contributed by atoms with Crippen LogP contribution < -0.4 is 20.7 Å². The number of nitrogens with one attached hydrogen (secondary N) is 3. The van der Waals surface area contributed by atoms with Gasteiger partial charge in [0, 0.05) is 23.4 Å². The maximum Gasteiger partial charge on any atom is 0.257 e. The summed E-state index contributed by atoms with van der Waals surface area (Å²) in [7, 11) is 0. The van der Waals surface area contributed by atoms with E-state index in [2.05, 4.69) is 22.9 Å². The molecule has 2 aromatic rings. The highest BCUT2D eigenvalue weighted by atomic mass is 32.1. The summed E-state index contributed by atoms with van der Waals surface area (Å²) in [6.07, 6.45) is 6.34. The van der Waals surface area contributed by atoms with Crippen LogP contribution in [0.2, 0.25) is 0 Å². The Bertz CT molecular complexity index is 869. The van der Waals surface area contributed by atoms with Crippen molar-refractivity contribution in [1.29, 1.82) is 0 Å². The van der Waals surface area contributed by atoms with Crippen molar-refractivity contribution in [2.45, 2.75) is 52.4 Å². The van der Waals surface area contributed by atoms with Gasteiger partial charge in [0.05, 0.1) is 6.61 Å². The van der Waals surface area contributed by atoms with E-state index in [-0.39, 0.29) is 16.9 Å². The number of hydrogen-bond acceptors (Lipinski definition) is 4. The second-order valence-corrected chi connectivity index (χ2v) is 7.59. The molecular weight excluding hydrogens is 410 g/mol. The highest BCUT2D eigenvalue weighted by molar-refractivity contribution is 7.80. The third kappa shape index (κ3) is 9.17. The van der Waals surface area contributed by atoms with Gasteiger partial charge in [0.1, 0.15) is 5.75 Å². The van der Waals surface area contributed by atoms with Crippen molar-refractivity contribution in [3.8, 4) is 5.75 Å². The van der Waals surface area contributed by atoms with E-state index in [1.54, 1.807) is 55.5 Å². The van der Waals surface area contributed by atoms with Crippen LogP contribution in [0.4, 0.5) is 11.4 Å². The van der Waals surface area contributed by atoms with Crippen LogP contribution in [-0.2, 0) is 4.79 Å². The zero-order chi connectivity index (χ0) is 22.5. The van der Waals surface area contributed by atoms with E-state index in [9.17, 15) is 9.59 Å². The third-order valence-electron chi connectivity index (χ3n) is 4.59. The van der Waals surface area contributed by atoms with Gasteiger partial charge in [-0.05, 0) is 61.1 Å². The Morgan fingerprint density at radius 2 is 1.58 bits per heavy atom. The second kappa shape index (κ2) is 13.4. The normalized spacial score (nSPS) is 10.3. The highest BCUT2D eigenvalue weighted by Gasteiger charge is 2.09. The smallest absolute Gasteiger partial charge is 0.257 e. The first kappa shape index (κ1) is 24.3. The summed E-state index contributed by atoms with van der Waals surface area (Å²) in [6, 6.07) is 14.1. The number of amides is 2. The van der Waals surface area contributed by atoms with Crippen LogP contribution >= 0.6 is 12.2 Å². The standard InChI is InChI=1S/C24H31N3O3S/c1-3-5-6-7-8-16-30-21-14-12-18(13-15-21)23(29)27-24(31)26-20-11-9-10-19(17-20)25-22(28)4-2/h9-15,17H,3-8,16H2,1-2H3,(H,25,28)(H2,26,27,29,31). The largest absolute Gasteiger partial charge is 0.494 e. The van der Waals surface area contributed by atoms with Gasteiger partial charge in [-0.3, -0.25) is 14.9 Å². The van der Waals surface area contributed by atoms with E-state index >= 15 is 0 Å². The van der Waals surface area contributed by atoms with Crippen LogP contribution in [0.1, 0.15) is 62.7 Å². The Morgan fingerprint density at radius 3 is 2.26 bits per heavy atom. The van der Waals surface area contributed by atoms with Gasteiger partial charge in [-0.1, -0.05) is 45.6 Å². The molecule has 0 aliphatic carbocycles. The van der Waals surface area contributed by atoms with Gasteiger partial charge >= 0.3 is 0 Å². The molecule has 0 fully saturated rings. The molecule has 0 bridgehead atoms. The maximum absolute atomic E-state index is 12.4. The topological polar surface area (TPSA) is 79.5 Å². The van der Waals surface area contributed by atoms with E-state index in [0.29, 0.717) is 30.0 Å². The van der Waals surface area contributed by atoms with E-state index in [1.165, 1.54) is 25.7 Å². The highest BCUT2D eigenvalue weighted by Crippen LogP contribution is 2.16. The molecule has 0 heterocycles. The van der Waals surface area contributed by atoms with Crippen molar-refractivity contribution >= 4 is 40.5 Å². The van der Waals surface area contributed by atoms with Crippen molar-refractivity contribution in [1.82, 2.24) is 5.32 Å². The molecule has 3 N–H and O–H groups in total. The Labute approximate surface area is 189 Å². The minimum absolute atomic E-state index is 0.0723. The van der Waals surface area contributed by atoms with Crippen LogP contribution in [-0.4, -0.2) is 23.5 Å². The number of rotatable bonds is 11. The van der Waals surface area contributed by atoms with Gasteiger partial charge in [0.15, 0.2) is 5.11 Å². The van der Waals surface area contributed by atoms with Gasteiger partial charge in [0.25, 0.3) is 5.91 Å². The average molecular weight is 442 g/mol. The van der Waals surface area contributed by atoms with E-state index in [0.717, 1.165) is 12.2 Å². The van der Waals surface area contributed by atoms with Gasteiger partial charge in [0.2, 0.25) is 5.91 Å². The summed E-state index contributed by atoms with van der Waals surface area (Å²) in [5.41, 5.74) is 1.82. The average Bonchev–Trinajstić information content (AvgIpc) is 2.76. The molecule has 2 rings (SSSR count). The number of benzene rings is 2. The first-order valence-electron chi connectivity index (χ1n) is 10.8. The lowest BCUT2D eigenvalue weighted by Crippen LogP contribution is -2.34. The minimum atomic E-state index is -0.306. The predicted octanol–water partition coefficient (Wildman–Crippen LogP) is 5.51. The van der Waals surface area contributed by atoms with Crippen LogP contribution in [0.15, 0.2) is 48.5 Å². The fourth-order valence-electron chi connectivity index (χ4n) is 2.86. The number of ether oxygens (including phenoxy) is 1. The van der Waals surface area contributed by atoms with Crippen LogP contribution in [0.5, 0.6) is 5.75 Å². The van der Waals surface area contributed by atoms with Crippen LogP contribution in [0, 0.1) is 0 Å².